The van der Waals surface area contributed by atoms with Crippen LogP contribution in [0.3, 0.4) is 0 Å². The molecule has 0 bridgehead atoms. The normalized spacial score (nSPS) is 10.3. The highest BCUT2D eigenvalue weighted by molar-refractivity contribution is 5.91. The Labute approximate surface area is 91.8 Å². The van der Waals surface area contributed by atoms with Gasteiger partial charge in [-0.05, 0) is 6.42 Å². The lowest BCUT2D eigenvalue weighted by Crippen LogP contribution is -2.26. The summed E-state index contributed by atoms with van der Waals surface area (Å²) in [5, 5.41) is 11.0. The van der Waals surface area contributed by atoms with Gasteiger partial charge < -0.3 is 25.1 Å². The fourth-order valence-electron chi connectivity index (χ4n) is 1.09. The quantitative estimate of drug-likeness (QED) is 0.442. The Morgan fingerprint density at radius 3 is 2.94 bits per heavy atom. The summed E-state index contributed by atoms with van der Waals surface area (Å²) >= 11 is 0. The van der Waals surface area contributed by atoms with Crippen LogP contribution in [0.2, 0.25) is 0 Å². The number of carbonyl (C=O) groups excluding carboxylic acids is 1. The zero-order valence-corrected chi connectivity index (χ0v) is 8.78. The van der Waals surface area contributed by atoms with E-state index in [9.17, 15) is 9.59 Å². The first-order valence-corrected chi connectivity index (χ1v) is 4.98. The first-order valence-electron chi connectivity index (χ1n) is 4.98. The molecule has 0 aliphatic carbocycles. The molecule has 0 aliphatic rings. The van der Waals surface area contributed by atoms with Gasteiger partial charge in [0.25, 0.3) is 5.91 Å². The summed E-state index contributed by atoms with van der Waals surface area (Å²) in [6.07, 6.45) is 1.97. The number of aliphatic hydroxyl groups excluding tert-OH is 1. The van der Waals surface area contributed by atoms with E-state index >= 15 is 0 Å². The van der Waals surface area contributed by atoms with Gasteiger partial charge in [-0.2, -0.15) is 0 Å². The van der Waals surface area contributed by atoms with Crippen LogP contribution in [0.4, 0.5) is 0 Å². The Balaban J connectivity index is 2.14. The third-order valence-electron chi connectivity index (χ3n) is 1.83. The van der Waals surface area contributed by atoms with Crippen molar-refractivity contribution in [1.82, 2.24) is 15.3 Å². The third-order valence-corrected chi connectivity index (χ3v) is 1.83. The average Bonchev–Trinajstić information content (AvgIpc) is 2.70. The van der Waals surface area contributed by atoms with Gasteiger partial charge in [0, 0.05) is 19.3 Å². The Morgan fingerprint density at radius 1 is 1.50 bits per heavy atom. The third kappa shape index (κ3) is 4.28. The number of hydrogen-bond acceptors (Lipinski definition) is 4. The number of aromatic nitrogens is 2. The molecule has 0 fully saturated rings. The maximum Gasteiger partial charge on any atom is 0.323 e. The summed E-state index contributed by atoms with van der Waals surface area (Å²) in [6.45, 7) is 1.23. The van der Waals surface area contributed by atoms with Gasteiger partial charge in [0.15, 0.2) is 0 Å². The number of aromatic amines is 2. The first-order chi connectivity index (χ1) is 7.74. The molecule has 1 amide bonds. The van der Waals surface area contributed by atoms with Crippen molar-refractivity contribution < 1.29 is 14.6 Å². The Morgan fingerprint density at radius 2 is 2.31 bits per heavy atom. The van der Waals surface area contributed by atoms with E-state index in [0.717, 1.165) is 0 Å². The number of hydrogen-bond donors (Lipinski definition) is 4. The molecule has 0 unspecified atom stereocenters. The molecular formula is C9H15N3O4. The summed E-state index contributed by atoms with van der Waals surface area (Å²) in [5.74, 6) is -0.333. The van der Waals surface area contributed by atoms with E-state index in [1.807, 2.05) is 0 Å². The highest BCUT2D eigenvalue weighted by Crippen LogP contribution is 1.88. The van der Waals surface area contributed by atoms with Crippen LogP contribution in [0.25, 0.3) is 0 Å². The number of H-pyrrole nitrogens is 2. The monoisotopic (exact) mass is 229 g/mol. The van der Waals surface area contributed by atoms with E-state index in [2.05, 4.69) is 15.3 Å². The van der Waals surface area contributed by atoms with Crippen LogP contribution in [-0.4, -0.2) is 47.3 Å². The second-order valence-corrected chi connectivity index (χ2v) is 3.10. The number of imidazole rings is 1. The lowest BCUT2D eigenvalue weighted by Gasteiger charge is -2.03. The number of carbonyl (C=O) groups is 1. The number of amides is 1. The van der Waals surface area contributed by atoms with E-state index in [0.29, 0.717) is 26.2 Å². The first kappa shape index (κ1) is 12.5. The van der Waals surface area contributed by atoms with E-state index in [4.69, 9.17) is 9.84 Å². The predicted molar refractivity (Wildman–Crippen MR) is 56.3 cm³/mol. The smallest absolute Gasteiger partial charge is 0.323 e. The molecule has 0 aromatic carbocycles. The molecule has 1 rings (SSSR count). The van der Waals surface area contributed by atoms with Crippen LogP contribution >= 0.6 is 0 Å². The molecule has 0 saturated carbocycles. The van der Waals surface area contributed by atoms with Gasteiger partial charge >= 0.3 is 5.69 Å². The minimum absolute atomic E-state index is 0.00303. The van der Waals surface area contributed by atoms with Gasteiger partial charge in [0.1, 0.15) is 5.69 Å². The molecule has 0 aliphatic heterocycles. The molecule has 4 N–H and O–H groups in total. The van der Waals surface area contributed by atoms with Crippen molar-refractivity contribution >= 4 is 5.91 Å². The molecule has 1 heterocycles. The number of rotatable bonds is 7. The van der Waals surface area contributed by atoms with Gasteiger partial charge in [-0.3, -0.25) is 4.79 Å². The van der Waals surface area contributed by atoms with Crippen molar-refractivity contribution in [2.45, 2.75) is 6.42 Å². The molecule has 7 nitrogen and oxygen atoms in total. The lowest BCUT2D eigenvalue weighted by atomic mass is 10.4. The van der Waals surface area contributed by atoms with Gasteiger partial charge in [-0.15, -0.1) is 0 Å². The van der Waals surface area contributed by atoms with Gasteiger partial charge in [0.05, 0.1) is 13.2 Å². The molecule has 0 spiro atoms. The predicted octanol–water partition coefficient (Wildman–Crippen LogP) is -1.17. The van der Waals surface area contributed by atoms with Gasteiger partial charge in [0.2, 0.25) is 0 Å². The molecule has 7 heteroatoms. The molecule has 0 radical (unpaired) electrons. The SMILES string of the molecule is O=C(NCCCOCCO)c1c[nH]c(=O)[nH]1. The van der Waals surface area contributed by atoms with E-state index in [1.165, 1.54) is 6.20 Å². The summed E-state index contributed by atoms with van der Waals surface area (Å²) in [4.78, 5) is 26.8. The molecule has 1 aromatic heterocycles. The molecule has 0 atom stereocenters. The van der Waals surface area contributed by atoms with Crippen molar-refractivity contribution in [1.29, 1.82) is 0 Å². The number of aliphatic hydroxyl groups is 1. The molecule has 90 valence electrons. The van der Waals surface area contributed by atoms with Crippen LogP contribution in [0, 0.1) is 0 Å². The highest BCUT2D eigenvalue weighted by atomic mass is 16.5. The summed E-state index contributed by atoms with van der Waals surface area (Å²) in [6, 6.07) is 0. The van der Waals surface area contributed by atoms with E-state index in [1.54, 1.807) is 0 Å². The van der Waals surface area contributed by atoms with E-state index in [-0.39, 0.29) is 18.2 Å². The van der Waals surface area contributed by atoms with Crippen molar-refractivity contribution in [3.8, 4) is 0 Å². The number of ether oxygens (including phenoxy) is 1. The maximum absolute atomic E-state index is 11.4. The lowest BCUT2D eigenvalue weighted by molar-refractivity contribution is 0.0866. The Bertz CT molecular complexity index is 371. The Kier molecular flexibility index (Phi) is 5.30. The number of nitrogens with one attached hydrogen (secondary N) is 3. The molecule has 16 heavy (non-hydrogen) atoms. The van der Waals surface area contributed by atoms with Crippen molar-refractivity contribution in [3.05, 3.63) is 22.4 Å². The second kappa shape index (κ2) is 6.81. The van der Waals surface area contributed by atoms with Gasteiger partial charge in [-0.1, -0.05) is 0 Å². The Hall–Kier alpha value is -1.60. The topological polar surface area (TPSA) is 107 Å². The van der Waals surface area contributed by atoms with Crippen molar-refractivity contribution in [2.75, 3.05) is 26.4 Å². The van der Waals surface area contributed by atoms with Gasteiger partial charge in [-0.25, -0.2) is 4.79 Å². The van der Waals surface area contributed by atoms with Crippen LogP contribution in [0.15, 0.2) is 11.0 Å². The molecule has 0 saturated heterocycles. The second-order valence-electron chi connectivity index (χ2n) is 3.10. The summed E-state index contributed by atoms with van der Waals surface area (Å²) in [5.41, 5.74) is -0.197. The average molecular weight is 229 g/mol. The standard InChI is InChI=1S/C9H15N3O4/c13-3-5-16-4-1-2-10-8(14)7-6-11-9(15)12-7/h6,13H,1-5H2,(H,10,14)(H2,11,12,15). The fraction of sp³-hybridized carbons (Fsp3) is 0.556. The van der Waals surface area contributed by atoms with Crippen LogP contribution in [0.5, 0.6) is 0 Å². The van der Waals surface area contributed by atoms with Crippen LogP contribution < -0.4 is 11.0 Å². The minimum atomic E-state index is -0.406. The van der Waals surface area contributed by atoms with E-state index < -0.39 is 5.69 Å². The van der Waals surface area contributed by atoms with Crippen LogP contribution in [0.1, 0.15) is 16.9 Å². The van der Waals surface area contributed by atoms with Crippen molar-refractivity contribution in [3.63, 3.8) is 0 Å². The zero-order valence-electron chi connectivity index (χ0n) is 8.78. The minimum Gasteiger partial charge on any atom is -0.394 e. The zero-order chi connectivity index (χ0) is 11.8. The summed E-state index contributed by atoms with van der Waals surface area (Å²) < 4.78 is 5.01. The maximum atomic E-state index is 11.4. The highest BCUT2D eigenvalue weighted by Gasteiger charge is 2.05. The fourth-order valence-corrected chi connectivity index (χ4v) is 1.09. The molecule has 1 aromatic rings. The largest absolute Gasteiger partial charge is 0.394 e. The van der Waals surface area contributed by atoms with Crippen molar-refractivity contribution in [2.24, 2.45) is 0 Å². The summed E-state index contributed by atoms with van der Waals surface area (Å²) in [7, 11) is 0. The van der Waals surface area contributed by atoms with Crippen LogP contribution in [-0.2, 0) is 4.74 Å². The molecular weight excluding hydrogens is 214 g/mol.